The molecule has 0 aliphatic carbocycles. The van der Waals surface area contributed by atoms with Crippen molar-refractivity contribution in [2.75, 3.05) is 13.1 Å². The van der Waals surface area contributed by atoms with Crippen LogP contribution in [0.25, 0.3) is 0 Å². The van der Waals surface area contributed by atoms with Gasteiger partial charge in [-0.3, -0.25) is 4.90 Å². The fourth-order valence-electron chi connectivity index (χ4n) is 1.86. The summed E-state index contributed by atoms with van der Waals surface area (Å²) in [5, 5.41) is 12.1. The van der Waals surface area contributed by atoms with Crippen LogP contribution in [0.4, 0.5) is 0 Å². The first-order chi connectivity index (χ1) is 6.19. The van der Waals surface area contributed by atoms with E-state index in [2.05, 4.69) is 30.8 Å². The average molecular weight is 184 g/mol. The summed E-state index contributed by atoms with van der Waals surface area (Å²) in [7, 11) is 0. The maximum absolute atomic E-state index is 8.71. The molecule has 0 radical (unpaired) electrons. The molecule has 0 amide bonds. The molecule has 1 heterocycles. The van der Waals surface area contributed by atoms with Crippen molar-refractivity contribution < 1.29 is 5.21 Å². The minimum absolute atomic E-state index is 0.410. The number of rotatable bonds is 2. The first-order valence-corrected chi connectivity index (χ1v) is 5.13. The van der Waals surface area contributed by atoms with Gasteiger partial charge in [0.05, 0.1) is 5.71 Å². The van der Waals surface area contributed by atoms with Crippen LogP contribution in [0, 0.1) is 5.92 Å². The van der Waals surface area contributed by atoms with Crippen molar-refractivity contribution >= 4 is 5.71 Å². The summed E-state index contributed by atoms with van der Waals surface area (Å²) in [5.74, 6) is 0.410. The van der Waals surface area contributed by atoms with Gasteiger partial charge >= 0.3 is 0 Å². The van der Waals surface area contributed by atoms with E-state index in [1.807, 2.05) is 0 Å². The molecule has 0 spiro atoms. The van der Waals surface area contributed by atoms with E-state index in [0.29, 0.717) is 12.0 Å². The second-order valence-corrected chi connectivity index (χ2v) is 3.99. The number of likely N-dealkylation sites (tertiary alicyclic amines) is 1. The zero-order valence-electron chi connectivity index (χ0n) is 8.82. The smallest absolute Gasteiger partial charge is 0.0624 e. The molecule has 0 aromatic carbocycles. The zero-order valence-corrected chi connectivity index (χ0v) is 8.82. The Balaban J connectivity index is 2.50. The minimum atomic E-state index is 0.410. The van der Waals surface area contributed by atoms with Crippen molar-refractivity contribution in [1.29, 1.82) is 0 Å². The summed E-state index contributed by atoms with van der Waals surface area (Å²) >= 11 is 0. The molecule has 1 aliphatic heterocycles. The molecule has 3 heteroatoms. The van der Waals surface area contributed by atoms with E-state index >= 15 is 0 Å². The Hall–Kier alpha value is -0.570. The molecule has 1 N–H and O–H groups in total. The molecule has 0 bridgehead atoms. The van der Waals surface area contributed by atoms with Crippen LogP contribution < -0.4 is 0 Å². The maximum Gasteiger partial charge on any atom is 0.0624 e. The summed E-state index contributed by atoms with van der Waals surface area (Å²) in [5.41, 5.74) is 0.958. The molecule has 0 aromatic rings. The standard InChI is InChI=1S/C10H20N2O/c1-4-9(3)12-6-5-10(11-13)8(2)7-12/h8-9,13H,4-7H2,1-3H3. The Labute approximate surface area is 80.4 Å². The van der Waals surface area contributed by atoms with Gasteiger partial charge in [0.2, 0.25) is 0 Å². The lowest BCUT2D eigenvalue weighted by Crippen LogP contribution is -2.44. The van der Waals surface area contributed by atoms with Gasteiger partial charge in [-0.1, -0.05) is 19.0 Å². The first kappa shape index (κ1) is 10.5. The zero-order chi connectivity index (χ0) is 9.84. The molecular weight excluding hydrogens is 164 g/mol. The second-order valence-electron chi connectivity index (χ2n) is 3.99. The number of nitrogens with zero attached hydrogens (tertiary/aromatic N) is 2. The largest absolute Gasteiger partial charge is 0.411 e. The third kappa shape index (κ3) is 2.44. The molecular formula is C10H20N2O. The summed E-state index contributed by atoms with van der Waals surface area (Å²) in [6.07, 6.45) is 2.11. The lowest BCUT2D eigenvalue weighted by atomic mass is 9.96. The summed E-state index contributed by atoms with van der Waals surface area (Å²) < 4.78 is 0. The number of piperidine rings is 1. The van der Waals surface area contributed by atoms with Crippen LogP contribution in [-0.2, 0) is 0 Å². The first-order valence-electron chi connectivity index (χ1n) is 5.13. The monoisotopic (exact) mass is 184 g/mol. The molecule has 1 fully saturated rings. The minimum Gasteiger partial charge on any atom is -0.411 e. The van der Waals surface area contributed by atoms with Gasteiger partial charge in [-0.2, -0.15) is 0 Å². The van der Waals surface area contributed by atoms with Crippen molar-refractivity contribution in [2.45, 2.75) is 39.7 Å². The third-order valence-electron chi connectivity index (χ3n) is 3.07. The average Bonchev–Trinajstić information content (AvgIpc) is 2.16. The molecule has 13 heavy (non-hydrogen) atoms. The lowest BCUT2D eigenvalue weighted by molar-refractivity contribution is 0.178. The predicted molar refractivity (Wildman–Crippen MR) is 54.3 cm³/mol. The predicted octanol–water partition coefficient (Wildman–Crippen LogP) is 1.96. The highest BCUT2D eigenvalue weighted by molar-refractivity contribution is 5.86. The normalized spacial score (nSPS) is 30.7. The molecule has 1 aliphatic rings. The van der Waals surface area contributed by atoms with Gasteiger partial charge in [-0.25, -0.2) is 0 Å². The van der Waals surface area contributed by atoms with Crippen LogP contribution in [0.15, 0.2) is 5.16 Å². The maximum atomic E-state index is 8.71. The van der Waals surface area contributed by atoms with Gasteiger partial charge in [0.1, 0.15) is 0 Å². The molecule has 2 unspecified atom stereocenters. The van der Waals surface area contributed by atoms with Gasteiger partial charge in [0, 0.05) is 31.5 Å². The highest BCUT2D eigenvalue weighted by Gasteiger charge is 2.24. The van der Waals surface area contributed by atoms with Gasteiger partial charge in [0.15, 0.2) is 0 Å². The van der Waals surface area contributed by atoms with E-state index in [1.54, 1.807) is 0 Å². The van der Waals surface area contributed by atoms with Crippen LogP contribution in [0.3, 0.4) is 0 Å². The Kier molecular flexibility index (Phi) is 3.72. The van der Waals surface area contributed by atoms with E-state index in [9.17, 15) is 0 Å². The van der Waals surface area contributed by atoms with Crippen molar-refractivity contribution in [3.63, 3.8) is 0 Å². The Morgan fingerprint density at radius 3 is 2.85 bits per heavy atom. The van der Waals surface area contributed by atoms with E-state index in [1.165, 1.54) is 6.42 Å². The summed E-state index contributed by atoms with van der Waals surface area (Å²) in [4.78, 5) is 2.47. The van der Waals surface area contributed by atoms with Crippen molar-refractivity contribution in [2.24, 2.45) is 11.1 Å². The quantitative estimate of drug-likeness (QED) is 0.526. The number of oxime groups is 1. The third-order valence-corrected chi connectivity index (χ3v) is 3.07. The summed E-state index contributed by atoms with van der Waals surface area (Å²) in [6, 6.07) is 0.655. The van der Waals surface area contributed by atoms with Gasteiger partial charge < -0.3 is 5.21 Å². The van der Waals surface area contributed by atoms with Crippen LogP contribution in [0.2, 0.25) is 0 Å². The van der Waals surface area contributed by atoms with Crippen LogP contribution in [0.1, 0.15) is 33.6 Å². The van der Waals surface area contributed by atoms with Crippen LogP contribution in [0.5, 0.6) is 0 Å². The fourth-order valence-corrected chi connectivity index (χ4v) is 1.86. The van der Waals surface area contributed by atoms with E-state index in [-0.39, 0.29) is 0 Å². The lowest BCUT2D eigenvalue weighted by Gasteiger charge is -2.35. The summed E-state index contributed by atoms with van der Waals surface area (Å²) in [6.45, 7) is 8.68. The van der Waals surface area contributed by atoms with E-state index in [4.69, 9.17) is 5.21 Å². The van der Waals surface area contributed by atoms with Crippen molar-refractivity contribution in [3.8, 4) is 0 Å². The van der Waals surface area contributed by atoms with Gasteiger partial charge in [0.25, 0.3) is 0 Å². The number of hydrogen-bond acceptors (Lipinski definition) is 3. The van der Waals surface area contributed by atoms with Crippen molar-refractivity contribution in [1.82, 2.24) is 4.90 Å². The molecule has 1 saturated heterocycles. The van der Waals surface area contributed by atoms with Gasteiger partial charge in [-0.15, -0.1) is 0 Å². The Bertz CT molecular complexity index is 191. The van der Waals surface area contributed by atoms with Crippen molar-refractivity contribution in [3.05, 3.63) is 0 Å². The number of hydrogen-bond donors (Lipinski definition) is 1. The van der Waals surface area contributed by atoms with Crippen LogP contribution in [-0.4, -0.2) is 35.0 Å². The molecule has 76 valence electrons. The second kappa shape index (κ2) is 4.61. The molecule has 3 nitrogen and oxygen atoms in total. The Morgan fingerprint density at radius 2 is 2.38 bits per heavy atom. The SMILES string of the molecule is CCC(C)N1CCC(=NO)C(C)C1. The molecule has 0 aromatic heterocycles. The highest BCUT2D eigenvalue weighted by atomic mass is 16.4. The molecule has 1 rings (SSSR count). The van der Waals surface area contributed by atoms with E-state index in [0.717, 1.165) is 25.2 Å². The van der Waals surface area contributed by atoms with Gasteiger partial charge in [-0.05, 0) is 13.3 Å². The molecule has 2 atom stereocenters. The topological polar surface area (TPSA) is 35.8 Å². The van der Waals surface area contributed by atoms with Crippen LogP contribution >= 0.6 is 0 Å². The van der Waals surface area contributed by atoms with E-state index < -0.39 is 0 Å². The highest BCUT2D eigenvalue weighted by Crippen LogP contribution is 2.17. The fraction of sp³-hybridized carbons (Fsp3) is 0.900. The molecule has 0 saturated carbocycles. The Morgan fingerprint density at radius 1 is 1.69 bits per heavy atom.